The second kappa shape index (κ2) is 6.47. The van der Waals surface area contributed by atoms with E-state index in [1.807, 2.05) is 13.0 Å². The van der Waals surface area contributed by atoms with E-state index >= 15 is 0 Å². The van der Waals surface area contributed by atoms with Crippen molar-refractivity contribution in [2.24, 2.45) is 0 Å². The number of hydrogen-bond acceptors (Lipinski definition) is 3. The summed E-state index contributed by atoms with van der Waals surface area (Å²) in [7, 11) is 0. The van der Waals surface area contributed by atoms with Gasteiger partial charge in [0, 0.05) is 18.0 Å². The molecule has 0 radical (unpaired) electrons. The number of anilines is 1. The van der Waals surface area contributed by atoms with E-state index in [9.17, 15) is 9.59 Å². The van der Waals surface area contributed by atoms with Gasteiger partial charge in [-0.05, 0) is 42.3 Å². The number of aromatic nitrogens is 1. The Bertz CT molecular complexity index is 694. The van der Waals surface area contributed by atoms with Crippen molar-refractivity contribution in [1.29, 1.82) is 0 Å². The molecule has 0 bridgehead atoms. The number of rotatable bonds is 4. The zero-order valence-electron chi connectivity index (χ0n) is 11.4. The Morgan fingerprint density at radius 1 is 1.24 bits per heavy atom. The van der Waals surface area contributed by atoms with Gasteiger partial charge < -0.3 is 10.4 Å². The molecule has 0 saturated carbocycles. The Kier molecular flexibility index (Phi) is 4.46. The second-order valence-electron chi connectivity index (χ2n) is 4.42. The summed E-state index contributed by atoms with van der Waals surface area (Å²) in [6.07, 6.45) is 4.07. The van der Waals surface area contributed by atoms with Crippen LogP contribution in [0.1, 0.15) is 21.6 Å². The first-order valence-electron chi connectivity index (χ1n) is 6.30. The molecule has 0 aliphatic heterocycles. The first kappa shape index (κ1) is 14.5. The molecular formula is C16H14N2O3. The third kappa shape index (κ3) is 4.01. The van der Waals surface area contributed by atoms with Gasteiger partial charge in [-0.1, -0.05) is 18.2 Å². The van der Waals surface area contributed by atoms with Crippen LogP contribution in [0.4, 0.5) is 5.69 Å². The van der Waals surface area contributed by atoms with Gasteiger partial charge in [-0.25, -0.2) is 4.79 Å². The zero-order chi connectivity index (χ0) is 15.2. The number of benzene rings is 1. The molecule has 21 heavy (non-hydrogen) atoms. The number of hydrogen-bond donors (Lipinski definition) is 2. The fourth-order valence-corrected chi connectivity index (χ4v) is 1.73. The van der Waals surface area contributed by atoms with Crippen LogP contribution in [0.5, 0.6) is 0 Å². The second-order valence-corrected chi connectivity index (χ2v) is 4.42. The first-order chi connectivity index (χ1) is 10.1. The summed E-state index contributed by atoms with van der Waals surface area (Å²) in [6.45, 7) is 1.86. The molecule has 0 unspecified atom stereocenters. The minimum Gasteiger partial charge on any atom is -0.478 e. The van der Waals surface area contributed by atoms with Crippen LogP contribution in [0.3, 0.4) is 0 Å². The van der Waals surface area contributed by atoms with Crippen LogP contribution in [-0.4, -0.2) is 22.0 Å². The van der Waals surface area contributed by atoms with Crippen molar-refractivity contribution in [3.8, 4) is 0 Å². The van der Waals surface area contributed by atoms with Crippen molar-refractivity contribution in [3.63, 3.8) is 0 Å². The number of carboxylic acids is 1. The molecule has 1 heterocycles. The van der Waals surface area contributed by atoms with Crippen LogP contribution in [0, 0.1) is 6.92 Å². The van der Waals surface area contributed by atoms with E-state index in [0.717, 1.165) is 11.6 Å². The number of pyridine rings is 1. The third-order valence-corrected chi connectivity index (χ3v) is 2.83. The average Bonchev–Trinajstić information content (AvgIpc) is 2.48. The molecule has 2 N–H and O–H groups in total. The molecule has 1 aromatic heterocycles. The van der Waals surface area contributed by atoms with Crippen LogP contribution < -0.4 is 5.32 Å². The van der Waals surface area contributed by atoms with E-state index in [2.05, 4.69) is 10.3 Å². The highest BCUT2D eigenvalue weighted by Crippen LogP contribution is 2.18. The highest BCUT2D eigenvalue weighted by Gasteiger charge is 2.08. The Morgan fingerprint density at radius 3 is 2.71 bits per heavy atom. The standard InChI is InChI=1S/C16H14N2O3/c1-11-5-6-12(7-8-15(19)20)10-14(11)18-16(21)13-4-2-3-9-17-13/h2-10H,1H3,(H,18,21)(H,19,20). The van der Waals surface area contributed by atoms with Gasteiger partial charge in [0.05, 0.1) is 0 Å². The van der Waals surface area contributed by atoms with Gasteiger partial charge in [0.15, 0.2) is 0 Å². The van der Waals surface area contributed by atoms with Crippen LogP contribution in [0.25, 0.3) is 6.08 Å². The number of nitrogens with one attached hydrogen (secondary N) is 1. The minimum atomic E-state index is -1.02. The lowest BCUT2D eigenvalue weighted by Crippen LogP contribution is -2.14. The predicted molar refractivity (Wildman–Crippen MR) is 80.0 cm³/mol. The van der Waals surface area contributed by atoms with Gasteiger partial charge in [0.2, 0.25) is 0 Å². The van der Waals surface area contributed by atoms with E-state index in [0.29, 0.717) is 16.9 Å². The maximum absolute atomic E-state index is 12.1. The molecule has 1 aromatic carbocycles. The molecule has 0 spiro atoms. The molecule has 5 nitrogen and oxygen atoms in total. The summed E-state index contributed by atoms with van der Waals surface area (Å²) in [5, 5.41) is 11.4. The van der Waals surface area contributed by atoms with E-state index in [-0.39, 0.29) is 5.91 Å². The van der Waals surface area contributed by atoms with Crippen molar-refractivity contribution >= 4 is 23.6 Å². The number of amides is 1. The van der Waals surface area contributed by atoms with Crippen LogP contribution in [0.2, 0.25) is 0 Å². The molecule has 0 aliphatic carbocycles. The van der Waals surface area contributed by atoms with Crippen molar-refractivity contribution in [2.75, 3.05) is 5.32 Å². The van der Waals surface area contributed by atoms with Gasteiger partial charge in [0.1, 0.15) is 5.69 Å². The summed E-state index contributed by atoms with van der Waals surface area (Å²) < 4.78 is 0. The van der Waals surface area contributed by atoms with Gasteiger partial charge in [-0.15, -0.1) is 0 Å². The van der Waals surface area contributed by atoms with E-state index in [1.165, 1.54) is 6.08 Å². The van der Waals surface area contributed by atoms with Gasteiger partial charge in [-0.3, -0.25) is 9.78 Å². The molecule has 2 rings (SSSR count). The van der Waals surface area contributed by atoms with E-state index < -0.39 is 5.97 Å². The van der Waals surface area contributed by atoms with Crippen LogP contribution >= 0.6 is 0 Å². The number of carbonyl (C=O) groups is 2. The number of carbonyl (C=O) groups excluding carboxylic acids is 1. The predicted octanol–water partition coefficient (Wildman–Crippen LogP) is 2.74. The summed E-state index contributed by atoms with van der Waals surface area (Å²) >= 11 is 0. The van der Waals surface area contributed by atoms with Crippen molar-refractivity contribution in [2.45, 2.75) is 6.92 Å². The molecule has 0 saturated heterocycles. The van der Waals surface area contributed by atoms with E-state index in [4.69, 9.17) is 5.11 Å². The number of aliphatic carboxylic acids is 1. The smallest absolute Gasteiger partial charge is 0.328 e. The molecule has 0 aliphatic rings. The third-order valence-electron chi connectivity index (χ3n) is 2.83. The minimum absolute atomic E-state index is 0.307. The SMILES string of the molecule is Cc1ccc(C=CC(=O)O)cc1NC(=O)c1ccccn1. The molecule has 1 amide bonds. The maximum Gasteiger partial charge on any atom is 0.328 e. The van der Waals surface area contributed by atoms with Crippen molar-refractivity contribution in [3.05, 3.63) is 65.5 Å². The Labute approximate surface area is 122 Å². The van der Waals surface area contributed by atoms with Gasteiger partial charge >= 0.3 is 5.97 Å². The van der Waals surface area contributed by atoms with Crippen LogP contribution in [0.15, 0.2) is 48.7 Å². The monoisotopic (exact) mass is 282 g/mol. The Balaban J connectivity index is 2.21. The molecule has 106 valence electrons. The maximum atomic E-state index is 12.1. The average molecular weight is 282 g/mol. The van der Waals surface area contributed by atoms with Crippen molar-refractivity contribution in [1.82, 2.24) is 4.98 Å². The van der Waals surface area contributed by atoms with Gasteiger partial charge in [0.25, 0.3) is 5.91 Å². The number of nitrogens with zero attached hydrogens (tertiary/aromatic N) is 1. The lowest BCUT2D eigenvalue weighted by molar-refractivity contribution is -0.131. The lowest BCUT2D eigenvalue weighted by Gasteiger charge is -2.09. The Morgan fingerprint density at radius 2 is 2.05 bits per heavy atom. The van der Waals surface area contributed by atoms with E-state index in [1.54, 1.807) is 36.5 Å². The summed E-state index contributed by atoms with van der Waals surface area (Å²) in [5.41, 5.74) is 2.52. The molecule has 2 aromatic rings. The molecular weight excluding hydrogens is 268 g/mol. The number of carboxylic acid groups (broad SMARTS) is 1. The molecule has 0 fully saturated rings. The summed E-state index contributed by atoms with van der Waals surface area (Å²) in [5.74, 6) is -1.33. The fraction of sp³-hybridized carbons (Fsp3) is 0.0625. The van der Waals surface area contributed by atoms with Crippen molar-refractivity contribution < 1.29 is 14.7 Å². The van der Waals surface area contributed by atoms with Crippen LogP contribution in [-0.2, 0) is 4.79 Å². The number of aryl methyl sites for hydroxylation is 1. The topological polar surface area (TPSA) is 79.3 Å². The highest BCUT2D eigenvalue weighted by molar-refractivity contribution is 6.03. The normalized spacial score (nSPS) is 10.5. The Hall–Kier alpha value is -2.95. The largest absolute Gasteiger partial charge is 0.478 e. The molecule has 0 atom stereocenters. The summed E-state index contributed by atoms with van der Waals surface area (Å²) in [6, 6.07) is 10.4. The lowest BCUT2D eigenvalue weighted by atomic mass is 10.1. The first-order valence-corrected chi connectivity index (χ1v) is 6.30. The van der Waals surface area contributed by atoms with Gasteiger partial charge in [-0.2, -0.15) is 0 Å². The molecule has 5 heteroatoms. The summed E-state index contributed by atoms with van der Waals surface area (Å²) in [4.78, 5) is 26.6. The fourth-order valence-electron chi connectivity index (χ4n) is 1.73. The quantitative estimate of drug-likeness (QED) is 0.845. The highest BCUT2D eigenvalue weighted by atomic mass is 16.4. The zero-order valence-corrected chi connectivity index (χ0v) is 11.4.